The highest BCUT2D eigenvalue weighted by molar-refractivity contribution is 6.73. The van der Waals surface area contributed by atoms with Gasteiger partial charge in [0, 0.05) is 0 Å². The van der Waals surface area contributed by atoms with Gasteiger partial charge in [0.2, 0.25) is 0 Å². The van der Waals surface area contributed by atoms with Crippen LogP contribution in [-0.2, 0) is 4.74 Å². The van der Waals surface area contributed by atoms with Crippen molar-refractivity contribution in [3.63, 3.8) is 0 Å². The quantitative estimate of drug-likeness (QED) is 0.785. The first kappa shape index (κ1) is 14.2. The topological polar surface area (TPSA) is 18.5 Å². The molecule has 1 heterocycles. The van der Waals surface area contributed by atoms with Crippen LogP contribution in [-0.4, -0.2) is 25.3 Å². The molecule has 19 heavy (non-hydrogen) atoms. The molecule has 1 aromatic carbocycles. The van der Waals surface area contributed by atoms with Crippen molar-refractivity contribution in [1.82, 2.24) is 0 Å². The number of ether oxygens (including phenoxy) is 2. The Morgan fingerprint density at radius 2 is 1.89 bits per heavy atom. The maximum absolute atomic E-state index is 12.4. The van der Waals surface area contributed by atoms with Crippen LogP contribution in [0.2, 0.25) is 0 Å². The molecule has 0 radical (unpaired) electrons. The van der Waals surface area contributed by atoms with E-state index in [-0.39, 0.29) is 11.7 Å². The lowest BCUT2D eigenvalue weighted by atomic mass is 9.80. The van der Waals surface area contributed by atoms with E-state index in [0.29, 0.717) is 12.4 Å². The lowest BCUT2D eigenvalue weighted by Crippen LogP contribution is -2.33. The highest BCUT2D eigenvalue weighted by atomic mass is 19.4. The van der Waals surface area contributed by atoms with E-state index in [4.69, 9.17) is 9.47 Å². The van der Waals surface area contributed by atoms with E-state index in [9.17, 15) is 12.9 Å². The number of hydrogen-bond donors (Lipinski definition) is 0. The molecule has 1 aromatic rings. The average Bonchev–Trinajstić information content (AvgIpc) is 2.66. The van der Waals surface area contributed by atoms with Crippen molar-refractivity contribution >= 4 is 12.4 Å². The van der Waals surface area contributed by atoms with Crippen LogP contribution < -0.4 is 10.2 Å². The molecular weight excluding hydrogens is 256 g/mol. The van der Waals surface area contributed by atoms with Gasteiger partial charge in [0.25, 0.3) is 0 Å². The van der Waals surface area contributed by atoms with Gasteiger partial charge in [0.05, 0.1) is 11.7 Å². The van der Waals surface area contributed by atoms with Gasteiger partial charge in [0.1, 0.15) is 12.4 Å². The molecule has 1 atom stereocenters. The Hall–Kier alpha value is -1.17. The van der Waals surface area contributed by atoms with E-state index < -0.39 is 12.4 Å². The van der Waals surface area contributed by atoms with E-state index in [1.807, 2.05) is 13.8 Å². The van der Waals surface area contributed by atoms with Crippen LogP contribution in [0.25, 0.3) is 0 Å². The van der Waals surface area contributed by atoms with Crippen molar-refractivity contribution < 1.29 is 22.4 Å². The fourth-order valence-electron chi connectivity index (χ4n) is 2.17. The average molecular weight is 273 g/mol. The van der Waals surface area contributed by atoms with Gasteiger partial charge in [-0.1, -0.05) is 12.1 Å². The van der Waals surface area contributed by atoms with E-state index in [0.717, 1.165) is 25.0 Å². The first-order valence-corrected chi connectivity index (χ1v) is 6.37. The zero-order chi connectivity index (χ0) is 14.1. The van der Waals surface area contributed by atoms with Gasteiger partial charge >= 0.3 is 6.98 Å². The van der Waals surface area contributed by atoms with Crippen LogP contribution in [0.5, 0.6) is 5.75 Å². The summed E-state index contributed by atoms with van der Waals surface area (Å²) in [7, 11) is 0. The zero-order valence-electron chi connectivity index (χ0n) is 11.0. The maximum atomic E-state index is 12.4. The Balaban J connectivity index is 1.87. The van der Waals surface area contributed by atoms with E-state index in [1.165, 1.54) is 12.1 Å². The van der Waals surface area contributed by atoms with Crippen molar-refractivity contribution in [2.75, 3.05) is 6.61 Å². The van der Waals surface area contributed by atoms with Gasteiger partial charge < -0.3 is 22.4 Å². The second-order valence-electron chi connectivity index (χ2n) is 5.49. The summed E-state index contributed by atoms with van der Waals surface area (Å²) in [6.45, 7) is -0.519. The molecule has 0 spiro atoms. The molecule has 0 amide bonds. The fourth-order valence-corrected chi connectivity index (χ4v) is 2.17. The monoisotopic (exact) mass is 273 g/mol. The summed E-state index contributed by atoms with van der Waals surface area (Å²) in [6.07, 6.45) is 1.90. The molecule has 6 heteroatoms. The predicted octanol–water partition coefficient (Wildman–Crippen LogP) is 3.08. The summed E-state index contributed by atoms with van der Waals surface area (Å²) >= 11 is 0. The molecule has 0 saturated carbocycles. The van der Waals surface area contributed by atoms with Crippen molar-refractivity contribution in [2.24, 2.45) is 0 Å². The van der Waals surface area contributed by atoms with Crippen LogP contribution in [0.3, 0.4) is 0 Å². The van der Waals surface area contributed by atoms with Crippen LogP contribution in [0.15, 0.2) is 24.3 Å². The molecule has 2 rings (SSSR count). The molecule has 1 unspecified atom stereocenters. The van der Waals surface area contributed by atoms with Crippen molar-refractivity contribution in [3.05, 3.63) is 24.3 Å². The fraction of sp³-hybridized carbons (Fsp3) is 0.538. The first-order valence-electron chi connectivity index (χ1n) is 6.37. The molecule has 1 fully saturated rings. The molecule has 0 aromatic heterocycles. The third-order valence-electron chi connectivity index (χ3n) is 3.25. The van der Waals surface area contributed by atoms with Gasteiger partial charge in [-0.15, -0.1) is 5.46 Å². The second-order valence-corrected chi connectivity index (χ2v) is 5.49. The van der Waals surface area contributed by atoms with E-state index in [2.05, 4.69) is 0 Å². The maximum Gasteiger partial charge on any atom is 0.509 e. The van der Waals surface area contributed by atoms with E-state index in [1.54, 1.807) is 0 Å². The molecule has 0 N–H and O–H groups in total. The molecule has 1 aliphatic heterocycles. The minimum Gasteiger partial charge on any atom is -0.491 e. The highest BCUT2D eigenvalue weighted by Gasteiger charge is 2.32. The zero-order valence-corrected chi connectivity index (χ0v) is 11.0. The van der Waals surface area contributed by atoms with Crippen LogP contribution in [0, 0.1) is 0 Å². The Bertz CT molecular complexity index is 429. The summed E-state index contributed by atoms with van der Waals surface area (Å²) in [6, 6.07) is 4.80. The summed E-state index contributed by atoms with van der Waals surface area (Å²) in [5, 5.41) is 0. The number of rotatable bonds is 4. The van der Waals surface area contributed by atoms with Crippen LogP contribution >= 0.6 is 0 Å². The third kappa shape index (κ3) is 3.90. The van der Waals surface area contributed by atoms with Gasteiger partial charge in [0.15, 0.2) is 0 Å². The lowest BCUT2D eigenvalue weighted by molar-refractivity contribution is -0.0326. The largest absolute Gasteiger partial charge is 0.509 e. The Morgan fingerprint density at radius 1 is 1.26 bits per heavy atom. The van der Waals surface area contributed by atoms with Crippen LogP contribution in [0.1, 0.15) is 26.7 Å². The molecule has 0 aliphatic carbocycles. The minimum absolute atomic E-state index is 0.0153. The third-order valence-corrected chi connectivity index (χ3v) is 3.25. The summed E-state index contributed by atoms with van der Waals surface area (Å²) in [5.41, 5.74) is -0.734. The first-order chi connectivity index (χ1) is 8.76. The molecule has 106 valence electrons. The number of halogens is 3. The standard InChI is InChI=1S/C13H17BF3O2/c1-13(2)8-7-12(19-13)9-18-11-5-3-10(4-6-11)14(15,16)17/h3-6,12H,7-9H2,1-2H3/q-1. The summed E-state index contributed by atoms with van der Waals surface area (Å²) in [5.74, 6) is 0.442. The smallest absolute Gasteiger partial charge is 0.491 e. The number of hydrogen-bond acceptors (Lipinski definition) is 2. The van der Waals surface area contributed by atoms with E-state index >= 15 is 0 Å². The van der Waals surface area contributed by atoms with Gasteiger partial charge in [-0.05, 0) is 38.8 Å². The molecule has 0 bridgehead atoms. The number of benzene rings is 1. The normalized spacial score (nSPS) is 22.5. The predicted molar refractivity (Wildman–Crippen MR) is 68.8 cm³/mol. The van der Waals surface area contributed by atoms with Crippen molar-refractivity contribution in [2.45, 2.75) is 38.4 Å². The summed E-state index contributed by atoms with van der Waals surface area (Å²) in [4.78, 5) is 0. The SMILES string of the molecule is CC1(C)CCC(COc2ccc([B-](F)(F)F)cc2)O1. The van der Waals surface area contributed by atoms with Gasteiger partial charge in [-0.2, -0.15) is 0 Å². The van der Waals surface area contributed by atoms with Crippen molar-refractivity contribution in [1.29, 1.82) is 0 Å². The van der Waals surface area contributed by atoms with Gasteiger partial charge in [-0.3, -0.25) is 0 Å². The lowest BCUT2D eigenvalue weighted by Gasteiger charge is -2.20. The molecule has 1 saturated heterocycles. The summed E-state index contributed by atoms with van der Waals surface area (Å²) < 4.78 is 48.5. The van der Waals surface area contributed by atoms with Gasteiger partial charge in [-0.25, -0.2) is 0 Å². The van der Waals surface area contributed by atoms with Crippen LogP contribution in [0.4, 0.5) is 12.9 Å². The highest BCUT2D eigenvalue weighted by Crippen LogP contribution is 2.29. The Kier molecular flexibility index (Phi) is 3.81. The minimum atomic E-state index is -4.94. The molecule has 2 nitrogen and oxygen atoms in total. The second kappa shape index (κ2) is 5.08. The Morgan fingerprint density at radius 3 is 2.37 bits per heavy atom. The molecule has 1 aliphatic rings. The Labute approximate surface area is 111 Å². The van der Waals surface area contributed by atoms with Crippen molar-refractivity contribution in [3.8, 4) is 5.75 Å². The molecular formula is C13H17BF3O2-.